The first-order chi connectivity index (χ1) is 23.4. The topological polar surface area (TPSA) is 164 Å². The second-order valence-corrected chi connectivity index (χ2v) is 13.4. The van der Waals surface area contributed by atoms with Gasteiger partial charge in [-0.3, -0.25) is 19.6 Å². The molecule has 0 radical (unpaired) electrons. The fourth-order valence-corrected chi connectivity index (χ4v) is 7.14. The van der Waals surface area contributed by atoms with Crippen molar-refractivity contribution < 1.29 is 47.0 Å². The first-order valence-electron chi connectivity index (χ1n) is 15.5. The minimum Gasteiger partial charge on any atom is -0.497 e. The van der Waals surface area contributed by atoms with Gasteiger partial charge in [-0.2, -0.15) is 4.31 Å². The van der Waals surface area contributed by atoms with Gasteiger partial charge in [-0.05, 0) is 73.0 Å². The van der Waals surface area contributed by atoms with Crippen molar-refractivity contribution in [3.05, 3.63) is 77.9 Å². The van der Waals surface area contributed by atoms with Crippen molar-refractivity contribution in [1.82, 2.24) is 19.6 Å². The number of hydroxylamine groups is 1. The summed E-state index contributed by atoms with van der Waals surface area (Å²) in [4.78, 5) is 43.0. The molecule has 49 heavy (non-hydrogen) atoms. The van der Waals surface area contributed by atoms with E-state index in [1.54, 1.807) is 55.1 Å². The van der Waals surface area contributed by atoms with Crippen LogP contribution in [0.3, 0.4) is 0 Å². The molecule has 2 N–H and O–H groups in total. The lowest BCUT2D eigenvalue weighted by atomic mass is 10.0. The number of carbonyl (C=O) groups is 3. The Balaban J connectivity index is 1.63. The number of piperazine rings is 1. The van der Waals surface area contributed by atoms with Crippen LogP contribution in [0.5, 0.6) is 23.0 Å². The smallest absolute Gasteiger partial charge is 0.245 e. The Hall–Kier alpha value is -4.86. The van der Waals surface area contributed by atoms with Gasteiger partial charge in [0.1, 0.15) is 29.0 Å². The van der Waals surface area contributed by atoms with Crippen LogP contribution in [-0.2, 0) is 37.4 Å². The van der Waals surface area contributed by atoms with Crippen molar-refractivity contribution in [3.8, 4) is 23.0 Å². The van der Waals surface area contributed by atoms with Gasteiger partial charge in [-0.15, -0.1) is 0 Å². The van der Waals surface area contributed by atoms with Crippen molar-refractivity contribution in [1.29, 1.82) is 0 Å². The molecule has 0 bridgehead atoms. The van der Waals surface area contributed by atoms with Crippen LogP contribution in [0.2, 0.25) is 0 Å². The Morgan fingerprint density at radius 1 is 0.857 bits per heavy atom. The van der Waals surface area contributed by atoms with E-state index in [9.17, 15) is 28.0 Å². The molecule has 1 heterocycles. The quantitative estimate of drug-likeness (QED) is 0.178. The van der Waals surface area contributed by atoms with E-state index in [1.165, 1.54) is 62.3 Å². The summed E-state index contributed by atoms with van der Waals surface area (Å²) in [5.41, 5.74) is 3.10. The zero-order valence-corrected chi connectivity index (χ0v) is 28.9. The lowest BCUT2D eigenvalue weighted by molar-refractivity contribution is -0.157. The van der Waals surface area contributed by atoms with E-state index >= 15 is 0 Å². The first-order valence-corrected chi connectivity index (χ1v) is 16.9. The van der Waals surface area contributed by atoms with Crippen molar-refractivity contribution in [2.24, 2.45) is 0 Å². The molecule has 264 valence electrons. The van der Waals surface area contributed by atoms with Crippen molar-refractivity contribution in [2.75, 3.05) is 48.1 Å². The molecule has 3 amide bonds. The third-order valence-corrected chi connectivity index (χ3v) is 10.2. The Morgan fingerprint density at radius 3 is 1.94 bits per heavy atom. The predicted molar refractivity (Wildman–Crippen MR) is 178 cm³/mol. The summed E-state index contributed by atoms with van der Waals surface area (Å²) in [7, 11) is 1.81. The largest absolute Gasteiger partial charge is 0.497 e. The molecule has 2 atom stereocenters. The highest BCUT2D eigenvalue weighted by Crippen LogP contribution is 2.28. The number of ether oxygens (including phenoxy) is 4. The second kappa shape index (κ2) is 16.5. The number of hydrogen-bond donors (Lipinski definition) is 2. The maximum atomic E-state index is 14.1. The molecule has 1 aliphatic heterocycles. The van der Waals surface area contributed by atoms with E-state index in [2.05, 4.69) is 0 Å². The third-order valence-electron chi connectivity index (χ3n) is 8.35. The lowest BCUT2D eigenvalue weighted by Crippen LogP contribution is -2.64. The van der Waals surface area contributed by atoms with Crippen LogP contribution >= 0.6 is 0 Å². The lowest BCUT2D eigenvalue weighted by Gasteiger charge is -2.45. The zero-order chi connectivity index (χ0) is 35.7. The Kier molecular flexibility index (Phi) is 12.4. The minimum absolute atomic E-state index is 0.0466. The SMILES string of the molecule is COc1ccc(CCN(CC(=O)N2C(CC(=O)NO)CN(Cc3cc(OC)cc(OC)c3)C(=O)[C@@H]2C)S(=O)(=O)c2ccc(OC)cc2)cc1. The highest BCUT2D eigenvalue weighted by molar-refractivity contribution is 7.89. The molecule has 1 fully saturated rings. The van der Waals surface area contributed by atoms with E-state index in [0.29, 0.717) is 28.6 Å². The molecule has 1 aliphatic rings. The molecule has 15 heteroatoms. The van der Waals surface area contributed by atoms with Gasteiger partial charge in [-0.25, -0.2) is 13.9 Å². The number of sulfonamides is 1. The fourth-order valence-electron chi connectivity index (χ4n) is 5.75. The summed E-state index contributed by atoms with van der Waals surface area (Å²) < 4.78 is 50.1. The molecule has 3 aromatic carbocycles. The molecule has 0 aromatic heterocycles. The number of hydrogen-bond acceptors (Lipinski definition) is 10. The summed E-state index contributed by atoms with van der Waals surface area (Å²) in [6.45, 7) is 0.928. The molecule has 4 rings (SSSR count). The van der Waals surface area contributed by atoms with Crippen molar-refractivity contribution in [2.45, 2.75) is 43.3 Å². The van der Waals surface area contributed by atoms with Crippen LogP contribution in [0.4, 0.5) is 0 Å². The van der Waals surface area contributed by atoms with E-state index in [-0.39, 0.29) is 37.4 Å². The molecular formula is C34H42N4O10S. The highest BCUT2D eigenvalue weighted by atomic mass is 32.2. The number of nitrogens with one attached hydrogen (secondary N) is 1. The van der Waals surface area contributed by atoms with Crippen LogP contribution in [0.25, 0.3) is 0 Å². The Morgan fingerprint density at radius 2 is 1.41 bits per heavy atom. The molecule has 0 saturated carbocycles. The summed E-state index contributed by atoms with van der Waals surface area (Å²) >= 11 is 0. The van der Waals surface area contributed by atoms with Crippen LogP contribution in [-0.4, -0.2) is 106 Å². The van der Waals surface area contributed by atoms with Crippen molar-refractivity contribution in [3.63, 3.8) is 0 Å². The van der Waals surface area contributed by atoms with Crippen LogP contribution < -0.4 is 24.4 Å². The monoisotopic (exact) mass is 698 g/mol. The number of methoxy groups -OCH3 is 4. The Bertz CT molecular complexity index is 1700. The molecule has 14 nitrogen and oxygen atoms in total. The van der Waals surface area contributed by atoms with Crippen LogP contribution in [0, 0.1) is 0 Å². The molecule has 1 saturated heterocycles. The van der Waals surface area contributed by atoms with Crippen LogP contribution in [0.1, 0.15) is 24.5 Å². The van der Waals surface area contributed by atoms with E-state index in [4.69, 9.17) is 18.9 Å². The maximum Gasteiger partial charge on any atom is 0.245 e. The number of amides is 3. The third kappa shape index (κ3) is 8.99. The van der Waals surface area contributed by atoms with Crippen LogP contribution in [0.15, 0.2) is 71.6 Å². The average molecular weight is 699 g/mol. The second-order valence-electron chi connectivity index (χ2n) is 11.4. The van der Waals surface area contributed by atoms with Gasteiger partial charge in [0.05, 0.1) is 52.3 Å². The molecule has 1 unspecified atom stereocenters. The van der Waals surface area contributed by atoms with E-state index < -0.39 is 46.4 Å². The van der Waals surface area contributed by atoms with E-state index in [0.717, 1.165) is 9.87 Å². The highest BCUT2D eigenvalue weighted by Gasteiger charge is 2.42. The zero-order valence-electron chi connectivity index (χ0n) is 28.1. The van der Waals surface area contributed by atoms with Gasteiger partial charge in [0.25, 0.3) is 0 Å². The van der Waals surface area contributed by atoms with Gasteiger partial charge >= 0.3 is 0 Å². The summed E-state index contributed by atoms with van der Waals surface area (Å²) in [5, 5.41) is 9.34. The molecule has 0 aliphatic carbocycles. The van der Waals surface area contributed by atoms with Gasteiger partial charge in [0, 0.05) is 25.7 Å². The van der Waals surface area contributed by atoms with Gasteiger partial charge in [-0.1, -0.05) is 12.1 Å². The van der Waals surface area contributed by atoms with Gasteiger partial charge in [0.15, 0.2) is 0 Å². The normalized spacial score (nSPS) is 16.3. The Labute approximate surface area is 286 Å². The minimum atomic E-state index is -4.22. The average Bonchev–Trinajstić information content (AvgIpc) is 3.11. The number of rotatable bonds is 15. The number of carbonyl (C=O) groups excluding carboxylic acids is 3. The maximum absolute atomic E-state index is 14.1. The summed E-state index contributed by atoms with van der Waals surface area (Å²) in [6.07, 6.45) is -0.0653. The fraction of sp³-hybridized carbons (Fsp3) is 0.382. The standard InChI is InChI=1S/C34H42N4O10S/c1-23-34(41)36(20-25-16-29(47-4)19-30(17-25)48-5)21-26(18-32(39)35-42)38(23)33(40)22-37(15-14-24-6-8-27(45-2)9-7-24)49(43,44)31-12-10-28(46-3)11-13-31/h6-13,16-17,19,23,26,42H,14-15,18,20-22H2,1-5H3,(H,35,39)/t23-,26?/m0/s1. The number of benzene rings is 3. The predicted octanol–water partition coefficient (Wildman–Crippen LogP) is 2.48. The van der Waals surface area contributed by atoms with Crippen molar-refractivity contribution >= 4 is 27.7 Å². The van der Waals surface area contributed by atoms with E-state index in [1.807, 2.05) is 0 Å². The van der Waals surface area contributed by atoms with Gasteiger partial charge < -0.3 is 28.7 Å². The summed E-state index contributed by atoms with van der Waals surface area (Å²) in [5.74, 6) is 0.296. The number of nitrogens with zero attached hydrogens (tertiary/aromatic N) is 3. The molecule has 3 aromatic rings. The molecular weight excluding hydrogens is 656 g/mol. The van der Waals surface area contributed by atoms with Gasteiger partial charge in [0.2, 0.25) is 27.7 Å². The summed E-state index contributed by atoms with van der Waals surface area (Å²) in [6, 6.07) is 16.2. The first kappa shape index (κ1) is 37.0. The molecule has 0 spiro atoms.